The molecule has 1 heterocycles. The van der Waals surface area contributed by atoms with E-state index in [0.29, 0.717) is 5.56 Å². The predicted octanol–water partition coefficient (Wildman–Crippen LogP) is 3.18. The Labute approximate surface area is 119 Å². The Morgan fingerprint density at radius 2 is 1.80 bits per heavy atom. The first kappa shape index (κ1) is 14.1. The maximum absolute atomic E-state index is 12.6. The molecular weight excluding hydrogens is 250 g/mol. The van der Waals surface area contributed by atoms with Crippen LogP contribution in [0.5, 0.6) is 0 Å². The van der Waals surface area contributed by atoms with Crippen molar-refractivity contribution in [3.8, 4) is 0 Å². The third-order valence-corrected chi connectivity index (χ3v) is 2.96. The number of anilines is 2. The van der Waals surface area contributed by atoms with E-state index in [-0.39, 0.29) is 11.9 Å². The Balaban J connectivity index is 2.29. The molecule has 0 aliphatic rings. The normalized spacial score (nSPS) is 10.4. The van der Waals surface area contributed by atoms with E-state index in [0.717, 1.165) is 11.4 Å². The highest BCUT2D eigenvalue weighted by Crippen LogP contribution is 2.20. The van der Waals surface area contributed by atoms with E-state index in [9.17, 15) is 4.79 Å². The lowest BCUT2D eigenvalue weighted by atomic mass is 10.1. The number of nitrogens with one attached hydrogen (secondary N) is 1. The fourth-order valence-corrected chi connectivity index (χ4v) is 1.97. The second kappa shape index (κ2) is 6.19. The highest BCUT2D eigenvalue weighted by atomic mass is 16.2. The van der Waals surface area contributed by atoms with Crippen molar-refractivity contribution in [1.29, 1.82) is 0 Å². The van der Waals surface area contributed by atoms with Crippen LogP contribution in [0.15, 0.2) is 48.8 Å². The number of carbonyl (C=O) groups is 1. The van der Waals surface area contributed by atoms with Crippen molar-refractivity contribution in [2.45, 2.75) is 19.9 Å². The van der Waals surface area contributed by atoms with Crippen LogP contribution in [0, 0.1) is 0 Å². The number of pyridine rings is 1. The summed E-state index contributed by atoms with van der Waals surface area (Å²) in [6.45, 7) is 4.10. The van der Waals surface area contributed by atoms with Crippen LogP contribution >= 0.6 is 0 Å². The lowest BCUT2D eigenvalue weighted by Crippen LogP contribution is -2.27. The minimum atomic E-state index is -0.0417. The highest BCUT2D eigenvalue weighted by Gasteiger charge is 2.16. The Kier molecular flexibility index (Phi) is 4.35. The molecule has 2 rings (SSSR count). The molecular formula is C16H19N3O. The minimum absolute atomic E-state index is 0.0417. The summed E-state index contributed by atoms with van der Waals surface area (Å²) in [7, 11) is 1.77. The van der Waals surface area contributed by atoms with Crippen molar-refractivity contribution in [3.05, 3.63) is 54.4 Å². The topological polar surface area (TPSA) is 45.2 Å². The van der Waals surface area contributed by atoms with Crippen molar-refractivity contribution in [3.63, 3.8) is 0 Å². The lowest BCUT2D eigenvalue weighted by molar-refractivity contribution is 0.0993. The number of rotatable bonds is 4. The molecule has 0 spiro atoms. The van der Waals surface area contributed by atoms with Gasteiger partial charge in [-0.3, -0.25) is 9.78 Å². The number of carbonyl (C=O) groups excluding carboxylic acids is 1. The molecule has 0 atom stereocenters. The monoisotopic (exact) mass is 269 g/mol. The Morgan fingerprint density at radius 3 is 2.45 bits per heavy atom. The van der Waals surface area contributed by atoms with Crippen LogP contribution in [0.4, 0.5) is 11.4 Å². The highest BCUT2D eigenvalue weighted by molar-refractivity contribution is 6.09. The van der Waals surface area contributed by atoms with E-state index < -0.39 is 0 Å². The fourth-order valence-electron chi connectivity index (χ4n) is 1.97. The Hall–Kier alpha value is -2.36. The summed E-state index contributed by atoms with van der Waals surface area (Å²) >= 11 is 0. The van der Waals surface area contributed by atoms with Gasteiger partial charge in [-0.15, -0.1) is 0 Å². The standard InChI is InChI=1S/C16H19N3O/c1-12(2)18-15-7-5-4-6-14(15)16(20)19(3)13-8-10-17-11-9-13/h4-12,18H,1-3H3. The minimum Gasteiger partial charge on any atom is -0.382 e. The average molecular weight is 269 g/mol. The summed E-state index contributed by atoms with van der Waals surface area (Å²) in [5, 5.41) is 3.30. The second-order valence-electron chi connectivity index (χ2n) is 4.91. The van der Waals surface area contributed by atoms with E-state index in [1.165, 1.54) is 0 Å². The first-order valence-corrected chi connectivity index (χ1v) is 6.63. The quantitative estimate of drug-likeness (QED) is 0.927. The van der Waals surface area contributed by atoms with Crippen LogP contribution in [0.1, 0.15) is 24.2 Å². The zero-order valence-electron chi connectivity index (χ0n) is 12.0. The zero-order valence-corrected chi connectivity index (χ0v) is 12.0. The lowest BCUT2D eigenvalue weighted by Gasteiger charge is -2.20. The molecule has 0 aliphatic carbocycles. The van der Waals surface area contributed by atoms with Gasteiger partial charge in [0.05, 0.1) is 5.56 Å². The molecule has 104 valence electrons. The van der Waals surface area contributed by atoms with Crippen molar-refractivity contribution >= 4 is 17.3 Å². The number of aromatic nitrogens is 1. The fraction of sp³-hybridized carbons (Fsp3) is 0.250. The molecule has 20 heavy (non-hydrogen) atoms. The van der Waals surface area contributed by atoms with Crippen molar-refractivity contribution < 1.29 is 4.79 Å². The van der Waals surface area contributed by atoms with Crippen LogP contribution in [-0.4, -0.2) is 24.0 Å². The van der Waals surface area contributed by atoms with Gasteiger partial charge < -0.3 is 10.2 Å². The molecule has 0 saturated heterocycles. The first-order chi connectivity index (χ1) is 9.59. The van der Waals surface area contributed by atoms with Gasteiger partial charge in [0.25, 0.3) is 5.91 Å². The third-order valence-electron chi connectivity index (χ3n) is 2.96. The molecule has 4 nitrogen and oxygen atoms in total. The SMILES string of the molecule is CC(C)Nc1ccccc1C(=O)N(C)c1ccncc1. The third kappa shape index (κ3) is 3.15. The molecule has 0 fully saturated rings. The van der Waals surface area contributed by atoms with E-state index in [4.69, 9.17) is 0 Å². The van der Waals surface area contributed by atoms with Crippen LogP contribution in [0.2, 0.25) is 0 Å². The molecule has 0 bridgehead atoms. The molecule has 4 heteroatoms. The number of hydrogen-bond donors (Lipinski definition) is 1. The average Bonchev–Trinajstić information content (AvgIpc) is 2.46. The number of benzene rings is 1. The smallest absolute Gasteiger partial charge is 0.260 e. The van der Waals surface area contributed by atoms with E-state index in [2.05, 4.69) is 10.3 Å². The van der Waals surface area contributed by atoms with Crippen LogP contribution in [-0.2, 0) is 0 Å². The van der Waals surface area contributed by atoms with Gasteiger partial charge in [-0.1, -0.05) is 12.1 Å². The number of nitrogens with zero attached hydrogens (tertiary/aromatic N) is 2. The van der Waals surface area contributed by atoms with E-state index in [1.54, 1.807) is 24.3 Å². The summed E-state index contributed by atoms with van der Waals surface area (Å²) in [6.07, 6.45) is 3.36. The van der Waals surface area contributed by atoms with Crippen LogP contribution in [0.25, 0.3) is 0 Å². The molecule has 1 aromatic carbocycles. The van der Waals surface area contributed by atoms with Crippen LogP contribution < -0.4 is 10.2 Å². The summed E-state index contributed by atoms with van der Waals surface area (Å²) in [6, 6.07) is 11.5. The van der Waals surface area contributed by atoms with E-state index in [1.807, 2.05) is 50.2 Å². The number of hydrogen-bond acceptors (Lipinski definition) is 3. The summed E-state index contributed by atoms with van der Waals surface area (Å²) in [5.41, 5.74) is 2.35. The van der Waals surface area contributed by atoms with Crippen molar-refractivity contribution in [2.24, 2.45) is 0 Å². The maximum atomic E-state index is 12.6. The summed E-state index contributed by atoms with van der Waals surface area (Å²) in [4.78, 5) is 18.2. The second-order valence-corrected chi connectivity index (χ2v) is 4.91. The predicted molar refractivity (Wildman–Crippen MR) is 82.2 cm³/mol. The molecule has 2 aromatic rings. The molecule has 0 saturated carbocycles. The van der Waals surface area contributed by atoms with Gasteiger partial charge in [0.15, 0.2) is 0 Å². The summed E-state index contributed by atoms with van der Waals surface area (Å²) < 4.78 is 0. The van der Waals surface area contributed by atoms with E-state index >= 15 is 0 Å². The first-order valence-electron chi connectivity index (χ1n) is 6.63. The Morgan fingerprint density at radius 1 is 1.15 bits per heavy atom. The zero-order chi connectivity index (χ0) is 14.5. The van der Waals surface area contributed by atoms with Crippen molar-refractivity contribution in [2.75, 3.05) is 17.3 Å². The van der Waals surface area contributed by atoms with Gasteiger partial charge in [0.2, 0.25) is 0 Å². The summed E-state index contributed by atoms with van der Waals surface area (Å²) in [5.74, 6) is -0.0417. The van der Waals surface area contributed by atoms with Gasteiger partial charge >= 0.3 is 0 Å². The number of para-hydroxylation sites is 1. The van der Waals surface area contributed by atoms with Crippen LogP contribution in [0.3, 0.4) is 0 Å². The maximum Gasteiger partial charge on any atom is 0.260 e. The molecule has 0 aliphatic heterocycles. The molecule has 1 aromatic heterocycles. The van der Waals surface area contributed by atoms with Gasteiger partial charge in [-0.2, -0.15) is 0 Å². The van der Waals surface area contributed by atoms with Gasteiger partial charge in [0, 0.05) is 36.9 Å². The molecule has 0 radical (unpaired) electrons. The molecule has 1 amide bonds. The molecule has 0 unspecified atom stereocenters. The molecule has 1 N–H and O–H groups in total. The Bertz CT molecular complexity index is 581. The van der Waals surface area contributed by atoms with Gasteiger partial charge in [-0.25, -0.2) is 0 Å². The largest absolute Gasteiger partial charge is 0.382 e. The number of amides is 1. The van der Waals surface area contributed by atoms with Gasteiger partial charge in [0.1, 0.15) is 0 Å². The van der Waals surface area contributed by atoms with Gasteiger partial charge in [-0.05, 0) is 38.1 Å². The van der Waals surface area contributed by atoms with Crippen molar-refractivity contribution in [1.82, 2.24) is 4.98 Å².